The second-order valence-corrected chi connectivity index (χ2v) is 4.61. The summed E-state index contributed by atoms with van der Waals surface area (Å²) in [7, 11) is 1.70. The van der Waals surface area contributed by atoms with Crippen molar-refractivity contribution >= 4 is 11.6 Å². The van der Waals surface area contributed by atoms with E-state index in [1.807, 2.05) is 19.1 Å². The van der Waals surface area contributed by atoms with Gasteiger partial charge in [0.1, 0.15) is 5.75 Å². The van der Waals surface area contributed by atoms with Gasteiger partial charge in [-0.25, -0.2) is 0 Å². The van der Waals surface area contributed by atoms with E-state index in [-0.39, 0.29) is 0 Å². The minimum atomic E-state index is 0.427. The molecule has 1 aromatic rings. The average Bonchev–Trinajstić information content (AvgIpc) is 2.24. The molecule has 2 N–H and O–H groups in total. The van der Waals surface area contributed by atoms with Crippen LogP contribution < -0.4 is 10.5 Å². The van der Waals surface area contributed by atoms with Crippen LogP contribution in [0.2, 0.25) is 5.02 Å². The lowest BCUT2D eigenvalue weighted by Gasteiger charge is -2.17. The lowest BCUT2D eigenvalue weighted by molar-refractivity contribution is 0.402. The summed E-state index contributed by atoms with van der Waals surface area (Å²) in [5, 5.41) is 0.771. The summed E-state index contributed by atoms with van der Waals surface area (Å²) in [6.45, 7) is 4.93. The zero-order chi connectivity index (χ0) is 12.1. The van der Waals surface area contributed by atoms with Gasteiger partial charge in [0.05, 0.1) is 7.11 Å². The molecule has 0 amide bonds. The SMILES string of the molecule is COc1c(C)cc(Cl)cc1C(C)CCCN. The molecule has 2 nitrogen and oxygen atoms in total. The summed E-state index contributed by atoms with van der Waals surface area (Å²) >= 11 is 6.08. The molecule has 0 spiro atoms. The van der Waals surface area contributed by atoms with E-state index in [0.29, 0.717) is 5.92 Å². The molecular weight excluding hydrogens is 222 g/mol. The van der Waals surface area contributed by atoms with Gasteiger partial charge in [-0.05, 0) is 55.5 Å². The molecule has 0 fully saturated rings. The lowest BCUT2D eigenvalue weighted by atomic mass is 9.93. The van der Waals surface area contributed by atoms with Gasteiger partial charge >= 0.3 is 0 Å². The van der Waals surface area contributed by atoms with Gasteiger partial charge < -0.3 is 10.5 Å². The second-order valence-electron chi connectivity index (χ2n) is 4.18. The average molecular weight is 242 g/mol. The summed E-state index contributed by atoms with van der Waals surface area (Å²) in [4.78, 5) is 0. The summed E-state index contributed by atoms with van der Waals surface area (Å²) < 4.78 is 5.44. The van der Waals surface area contributed by atoms with Crippen LogP contribution in [0.4, 0.5) is 0 Å². The third-order valence-corrected chi connectivity index (χ3v) is 3.06. The number of nitrogens with two attached hydrogens (primary N) is 1. The molecule has 3 heteroatoms. The first kappa shape index (κ1) is 13.3. The Morgan fingerprint density at radius 3 is 2.69 bits per heavy atom. The smallest absolute Gasteiger partial charge is 0.125 e. The van der Waals surface area contributed by atoms with E-state index in [2.05, 4.69) is 6.92 Å². The molecule has 0 bridgehead atoms. The van der Waals surface area contributed by atoms with E-state index in [1.54, 1.807) is 7.11 Å². The zero-order valence-electron chi connectivity index (χ0n) is 10.2. The molecule has 1 rings (SSSR count). The largest absolute Gasteiger partial charge is 0.496 e. The van der Waals surface area contributed by atoms with Crippen LogP contribution in [0, 0.1) is 6.92 Å². The van der Waals surface area contributed by atoms with Crippen molar-refractivity contribution in [3.8, 4) is 5.75 Å². The zero-order valence-corrected chi connectivity index (χ0v) is 11.0. The monoisotopic (exact) mass is 241 g/mol. The number of rotatable bonds is 5. The minimum Gasteiger partial charge on any atom is -0.496 e. The van der Waals surface area contributed by atoms with Gasteiger partial charge in [0.25, 0.3) is 0 Å². The van der Waals surface area contributed by atoms with Crippen molar-refractivity contribution in [3.05, 3.63) is 28.3 Å². The van der Waals surface area contributed by atoms with Crippen molar-refractivity contribution in [3.63, 3.8) is 0 Å². The number of benzene rings is 1. The quantitative estimate of drug-likeness (QED) is 0.857. The van der Waals surface area contributed by atoms with Gasteiger partial charge in [-0.2, -0.15) is 0 Å². The molecule has 1 aromatic carbocycles. The Bertz CT molecular complexity index is 352. The fourth-order valence-electron chi connectivity index (χ4n) is 1.98. The third-order valence-electron chi connectivity index (χ3n) is 2.84. The third kappa shape index (κ3) is 3.13. The number of aryl methyl sites for hydroxylation is 1. The minimum absolute atomic E-state index is 0.427. The number of halogens is 1. The van der Waals surface area contributed by atoms with Gasteiger partial charge in [0, 0.05) is 5.02 Å². The number of methoxy groups -OCH3 is 1. The van der Waals surface area contributed by atoms with Crippen LogP contribution >= 0.6 is 11.6 Å². The normalized spacial score (nSPS) is 12.6. The molecule has 0 aromatic heterocycles. The predicted octanol–water partition coefficient (Wildman–Crippen LogP) is 3.50. The molecule has 0 aliphatic heterocycles. The molecule has 16 heavy (non-hydrogen) atoms. The van der Waals surface area contributed by atoms with E-state index in [9.17, 15) is 0 Å². The fourth-order valence-corrected chi connectivity index (χ4v) is 2.26. The van der Waals surface area contributed by atoms with Crippen LogP contribution in [0.25, 0.3) is 0 Å². The maximum absolute atomic E-state index is 6.08. The highest BCUT2D eigenvalue weighted by molar-refractivity contribution is 6.30. The van der Waals surface area contributed by atoms with E-state index in [4.69, 9.17) is 22.1 Å². The van der Waals surface area contributed by atoms with E-state index in [1.165, 1.54) is 5.56 Å². The maximum Gasteiger partial charge on any atom is 0.125 e. The summed E-state index contributed by atoms with van der Waals surface area (Å²) in [6, 6.07) is 3.92. The molecule has 0 heterocycles. The number of hydrogen-bond acceptors (Lipinski definition) is 2. The highest BCUT2D eigenvalue weighted by Gasteiger charge is 2.14. The molecule has 0 saturated carbocycles. The van der Waals surface area contributed by atoms with Crippen LogP contribution in [0.5, 0.6) is 5.75 Å². The first-order valence-electron chi connectivity index (χ1n) is 5.64. The van der Waals surface area contributed by atoms with Crippen molar-refractivity contribution in [1.29, 1.82) is 0 Å². The molecule has 1 atom stereocenters. The molecule has 0 saturated heterocycles. The highest BCUT2D eigenvalue weighted by Crippen LogP contribution is 2.34. The van der Waals surface area contributed by atoms with Crippen LogP contribution in [-0.2, 0) is 0 Å². The standard InChI is InChI=1S/C13H20ClNO/c1-9(5-4-6-15)12-8-11(14)7-10(2)13(12)16-3/h7-9H,4-6,15H2,1-3H3. The predicted molar refractivity (Wildman–Crippen MR) is 69.4 cm³/mol. The van der Waals surface area contributed by atoms with Crippen molar-refractivity contribution in [2.24, 2.45) is 5.73 Å². The van der Waals surface area contributed by atoms with E-state index in [0.717, 1.165) is 35.7 Å². The number of ether oxygens (including phenoxy) is 1. The van der Waals surface area contributed by atoms with Crippen molar-refractivity contribution in [1.82, 2.24) is 0 Å². The van der Waals surface area contributed by atoms with Crippen LogP contribution in [0.15, 0.2) is 12.1 Å². The lowest BCUT2D eigenvalue weighted by Crippen LogP contribution is -2.04. The number of hydrogen-bond donors (Lipinski definition) is 1. The second kappa shape index (κ2) is 6.12. The van der Waals surface area contributed by atoms with E-state index < -0.39 is 0 Å². The Labute approximate surface area is 103 Å². The molecule has 0 aliphatic carbocycles. The molecule has 90 valence electrons. The Kier molecular flexibility index (Phi) is 5.10. The first-order valence-corrected chi connectivity index (χ1v) is 6.02. The fraction of sp³-hybridized carbons (Fsp3) is 0.538. The molecule has 0 aliphatic rings. The Morgan fingerprint density at radius 2 is 2.12 bits per heavy atom. The summed E-state index contributed by atoms with van der Waals surface area (Å²) in [5.41, 5.74) is 7.80. The van der Waals surface area contributed by atoms with Gasteiger partial charge in [-0.15, -0.1) is 0 Å². The Balaban J connectivity index is 3.00. The Morgan fingerprint density at radius 1 is 1.44 bits per heavy atom. The molecule has 0 radical (unpaired) electrons. The maximum atomic E-state index is 6.08. The summed E-state index contributed by atoms with van der Waals surface area (Å²) in [6.07, 6.45) is 2.09. The van der Waals surface area contributed by atoms with Gasteiger partial charge in [0.2, 0.25) is 0 Å². The Hall–Kier alpha value is -0.730. The van der Waals surface area contributed by atoms with Gasteiger partial charge in [-0.1, -0.05) is 18.5 Å². The summed E-state index contributed by atoms with van der Waals surface area (Å²) in [5.74, 6) is 1.38. The highest BCUT2D eigenvalue weighted by atomic mass is 35.5. The van der Waals surface area contributed by atoms with Crippen LogP contribution in [0.1, 0.15) is 36.8 Å². The van der Waals surface area contributed by atoms with Crippen molar-refractivity contribution in [2.75, 3.05) is 13.7 Å². The molecule has 1 unspecified atom stereocenters. The van der Waals surface area contributed by atoms with Crippen LogP contribution in [-0.4, -0.2) is 13.7 Å². The van der Waals surface area contributed by atoms with E-state index >= 15 is 0 Å². The van der Waals surface area contributed by atoms with Gasteiger partial charge in [0.15, 0.2) is 0 Å². The van der Waals surface area contributed by atoms with Gasteiger partial charge in [-0.3, -0.25) is 0 Å². The van der Waals surface area contributed by atoms with Crippen molar-refractivity contribution in [2.45, 2.75) is 32.6 Å². The first-order chi connectivity index (χ1) is 7.60. The van der Waals surface area contributed by atoms with Crippen molar-refractivity contribution < 1.29 is 4.74 Å². The van der Waals surface area contributed by atoms with Crippen LogP contribution in [0.3, 0.4) is 0 Å². The topological polar surface area (TPSA) is 35.2 Å². The molecular formula is C13H20ClNO.